The lowest BCUT2D eigenvalue weighted by molar-refractivity contribution is 0.672. The van der Waals surface area contributed by atoms with E-state index >= 15 is 0 Å². The van der Waals surface area contributed by atoms with Crippen LogP contribution in [0, 0.1) is 0 Å². The zero-order valence-corrected chi connectivity index (χ0v) is 28.1. The summed E-state index contributed by atoms with van der Waals surface area (Å²) >= 11 is 0. The summed E-state index contributed by atoms with van der Waals surface area (Å²) in [6, 6.07) is 58.1. The van der Waals surface area contributed by atoms with E-state index in [1.54, 1.807) is 0 Å². The summed E-state index contributed by atoms with van der Waals surface area (Å²) in [6.07, 6.45) is 0. The predicted octanol–water partition coefficient (Wildman–Crippen LogP) is 14.4. The van der Waals surface area contributed by atoms with E-state index in [2.05, 4.69) is 78.9 Å². The molecule has 10 rings (SSSR count). The summed E-state index contributed by atoms with van der Waals surface area (Å²) in [6.45, 7) is 0. The normalized spacial score (nSPS) is 12.5. The lowest BCUT2D eigenvalue weighted by Crippen LogP contribution is -2.11. The fourth-order valence-corrected chi connectivity index (χ4v) is 7.49. The first-order chi connectivity index (χ1) is 27.5. The molecule has 0 bridgehead atoms. The summed E-state index contributed by atoms with van der Waals surface area (Å²) in [7, 11) is 0. The van der Waals surface area contributed by atoms with Crippen molar-refractivity contribution in [3.63, 3.8) is 0 Å². The van der Waals surface area contributed by atoms with Crippen LogP contribution in [0.2, 0.25) is 0 Å². The highest BCUT2D eigenvalue weighted by molar-refractivity contribution is 6.18. The van der Waals surface area contributed by atoms with Crippen molar-refractivity contribution >= 4 is 60.5 Å². The molecule has 0 N–H and O–H groups in total. The molecular weight excluding hydrogens is 631 g/mol. The minimum atomic E-state index is -0.125. The molecule has 244 valence electrons. The monoisotopic (exact) mass is 667 g/mol. The molecule has 0 saturated heterocycles. The molecule has 0 saturated carbocycles. The van der Waals surface area contributed by atoms with Gasteiger partial charge in [0, 0.05) is 33.1 Å². The van der Waals surface area contributed by atoms with E-state index in [1.165, 1.54) is 0 Å². The molecule has 0 radical (unpaired) electrons. The number of benzene rings is 9. The molecule has 2 nitrogen and oxygen atoms in total. The molecule has 52 heavy (non-hydrogen) atoms. The second-order valence-corrected chi connectivity index (χ2v) is 13.0. The van der Waals surface area contributed by atoms with Gasteiger partial charge in [-0.1, -0.05) is 158 Å². The zero-order valence-electron chi connectivity index (χ0n) is 32.1. The van der Waals surface area contributed by atoms with E-state index in [4.69, 9.17) is 4.42 Å². The minimum absolute atomic E-state index is 0.0977. The van der Waals surface area contributed by atoms with Gasteiger partial charge in [0.2, 0.25) is 0 Å². The Labute approximate surface area is 308 Å². The van der Waals surface area contributed by atoms with Gasteiger partial charge in [-0.3, -0.25) is 0 Å². The highest BCUT2D eigenvalue weighted by Crippen LogP contribution is 2.45. The van der Waals surface area contributed by atoms with Crippen molar-refractivity contribution in [3.8, 4) is 33.4 Å². The molecule has 0 aliphatic heterocycles. The molecule has 0 amide bonds. The van der Waals surface area contributed by atoms with Crippen LogP contribution in [0.4, 0.5) is 17.1 Å². The molecule has 9 aromatic carbocycles. The second-order valence-electron chi connectivity index (χ2n) is 13.0. The van der Waals surface area contributed by atoms with Gasteiger partial charge in [0.15, 0.2) is 0 Å². The molecule has 2 heteroatoms. The van der Waals surface area contributed by atoms with Gasteiger partial charge >= 0.3 is 0 Å². The van der Waals surface area contributed by atoms with Crippen LogP contribution in [0.3, 0.4) is 0 Å². The molecular formula is C50H33NO. The van der Waals surface area contributed by atoms with Crippen LogP contribution >= 0.6 is 0 Å². The zero-order chi connectivity index (χ0) is 37.9. The molecule has 0 spiro atoms. The molecule has 0 unspecified atom stereocenters. The molecule has 0 fully saturated rings. The third kappa shape index (κ3) is 5.04. The number of hydrogen-bond acceptors (Lipinski definition) is 2. The van der Waals surface area contributed by atoms with E-state index < -0.39 is 0 Å². The maximum absolute atomic E-state index is 9.52. The van der Waals surface area contributed by atoms with Gasteiger partial charge in [-0.2, -0.15) is 0 Å². The van der Waals surface area contributed by atoms with Crippen molar-refractivity contribution in [2.45, 2.75) is 0 Å². The standard InChI is InChI=1S/C50H33NO/c1-2-12-34(13-3-1)35-24-28-38(29-25-35)51(39-30-26-37(27-31-39)41-19-10-15-36-14-4-5-16-40(36)41)48-22-8-6-17-44(48)42-20-11-21-46-43(42)32-33-47-45-18-7-9-23-49(45)52-50(46)47/h1-33H/i24D,25D,28D,29D. The Morgan fingerprint density at radius 2 is 0.981 bits per heavy atom. The van der Waals surface area contributed by atoms with Crippen LogP contribution in [0.5, 0.6) is 0 Å². The number of anilines is 3. The van der Waals surface area contributed by atoms with Crippen LogP contribution in [0.25, 0.3) is 76.9 Å². The highest BCUT2D eigenvalue weighted by Gasteiger charge is 2.20. The smallest absolute Gasteiger partial charge is 0.143 e. The van der Waals surface area contributed by atoms with Crippen LogP contribution in [-0.2, 0) is 0 Å². The van der Waals surface area contributed by atoms with E-state index in [9.17, 15) is 5.48 Å². The predicted molar refractivity (Wildman–Crippen MR) is 220 cm³/mol. The van der Waals surface area contributed by atoms with Gasteiger partial charge in [0.25, 0.3) is 0 Å². The maximum atomic E-state index is 9.52. The average Bonchev–Trinajstić information content (AvgIpc) is 3.64. The number of hydrogen-bond donors (Lipinski definition) is 0. The first-order valence-corrected chi connectivity index (χ1v) is 17.4. The Bertz CT molecular complexity index is 3100. The summed E-state index contributed by atoms with van der Waals surface area (Å²) in [5, 5.41) is 6.40. The third-order valence-electron chi connectivity index (χ3n) is 9.96. The first-order valence-electron chi connectivity index (χ1n) is 19.4. The number of furan rings is 1. The van der Waals surface area contributed by atoms with E-state index in [0.29, 0.717) is 11.3 Å². The Morgan fingerprint density at radius 1 is 0.365 bits per heavy atom. The summed E-state index contributed by atoms with van der Waals surface area (Å²) < 4.78 is 44.0. The summed E-state index contributed by atoms with van der Waals surface area (Å²) in [5.41, 5.74) is 8.11. The van der Waals surface area contributed by atoms with Crippen LogP contribution in [0.15, 0.2) is 205 Å². The van der Waals surface area contributed by atoms with Crippen LogP contribution in [-0.4, -0.2) is 0 Å². The number of fused-ring (bicyclic) bond motifs is 6. The quantitative estimate of drug-likeness (QED) is 0.175. The van der Waals surface area contributed by atoms with Crippen molar-refractivity contribution in [3.05, 3.63) is 200 Å². The Hall–Kier alpha value is -6.90. The van der Waals surface area contributed by atoms with Gasteiger partial charge in [0.05, 0.1) is 11.2 Å². The van der Waals surface area contributed by atoms with Gasteiger partial charge in [0.1, 0.15) is 11.2 Å². The van der Waals surface area contributed by atoms with Gasteiger partial charge < -0.3 is 9.32 Å². The lowest BCUT2D eigenvalue weighted by Gasteiger charge is -2.28. The van der Waals surface area contributed by atoms with Crippen LogP contribution in [0.1, 0.15) is 5.48 Å². The molecule has 1 aromatic heterocycles. The first kappa shape index (κ1) is 26.0. The maximum Gasteiger partial charge on any atom is 0.143 e. The highest BCUT2D eigenvalue weighted by atomic mass is 16.3. The third-order valence-corrected chi connectivity index (χ3v) is 9.96. The summed E-state index contributed by atoms with van der Waals surface area (Å²) in [5.74, 6) is 0. The molecule has 1 heterocycles. The SMILES string of the molecule is [2H]c1c([2H])c(N(c2ccc(-c3cccc4ccccc34)cc2)c2ccccc2-c2cccc3c2ccc2c4ccccc4oc32)c([2H])c([2H])c1-c1ccccc1. The fraction of sp³-hybridized carbons (Fsp3) is 0. The Balaban J connectivity index is 1.21. The Kier molecular flexibility index (Phi) is 6.22. The molecule has 0 aliphatic carbocycles. The van der Waals surface area contributed by atoms with Crippen molar-refractivity contribution in [1.82, 2.24) is 0 Å². The molecule has 0 aliphatic rings. The lowest BCUT2D eigenvalue weighted by atomic mass is 9.94. The van der Waals surface area contributed by atoms with Gasteiger partial charge in [-0.05, 0) is 86.4 Å². The van der Waals surface area contributed by atoms with Gasteiger partial charge in [-0.15, -0.1) is 0 Å². The topological polar surface area (TPSA) is 16.4 Å². The van der Waals surface area contributed by atoms with E-state index in [-0.39, 0.29) is 35.4 Å². The van der Waals surface area contributed by atoms with Gasteiger partial charge in [-0.25, -0.2) is 0 Å². The molecule has 0 atom stereocenters. The van der Waals surface area contributed by atoms with E-state index in [1.807, 2.05) is 102 Å². The average molecular weight is 668 g/mol. The van der Waals surface area contributed by atoms with Crippen molar-refractivity contribution in [1.29, 1.82) is 0 Å². The van der Waals surface area contributed by atoms with Crippen molar-refractivity contribution in [2.24, 2.45) is 0 Å². The van der Waals surface area contributed by atoms with Crippen LogP contribution < -0.4 is 4.90 Å². The Morgan fingerprint density at radius 3 is 1.85 bits per heavy atom. The minimum Gasteiger partial charge on any atom is -0.455 e. The largest absolute Gasteiger partial charge is 0.455 e. The number of para-hydroxylation sites is 2. The molecule has 10 aromatic rings. The van der Waals surface area contributed by atoms with Crippen molar-refractivity contribution in [2.75, 3.05) is 4.90 Å². The number of nitrogens with zero attached hydrogens (tertiary/aromatic N) is 1. The summed E-state index contributed by atoms with van der Waals surface area (Å²) in [4.78, 5) is 1.89. The van der Waals surface area contributed by atoms with Crippen molar-refractivity contribution < 1.29 is 9.90 Å². The van der Waals surface area contributed by atoms with E-state index in [0.717, 1.165) is 71.4 Å². The number of rotatable bonds is 6. The second kappa shape index (κ2) is 12.5. The fourth-order valence-electron chi connectivity index (χ4n) is 7.49.